The molecule has 17 heavy (non-hydrogen) atoms. The first-order valence-electron chi connectivity index (χ1n) is 6.54. The third kappa shape index (κ3) is 2.41. The van der Waals surface area contributed by atoms with E-state index >= 15 is 0 Å². The van der Waals surface area contributed by atoms with E-state index < -0.39 is 5.60 Å². The molecule has 2 atom stereocenters. The van der Waals surface area contributed by atoms with E-state index in [-0.39, 0.29) is 6.09 Å². The van der Waals surface area contributed by atoms with Crippen molar-refractivity contribution in [3.63, 3.8) is 0 Å². The molecule has 4 heteroatoms. The number of hydrogen-bond acceptors (Lipinski definition) is 3. The second-order valence-electron chi connectivity index (χ2n) is 6.50. The van der Waals surface area contributed by atoms with Gasteiger partial charge in [0.15, 0.2) is 0 Å². The van der Waals surface area contributed by atoms with Crippen LogP contribution in [0.5, 0.6) is 0 Å². The molecule has 1 aliphatic carbocycles. The normalized spacial score (nSPS) is 32.0. The molecule has 4 nitrogen and oxygen atoms in total. The summed E-state index contributed by atoms with van der Waals surface area (Å²) in [5, 5.41) is 0. The number of carbonyl (C=O) groups is 1. The molecule has 1 saturated heterocycles. The molecule has 0 bridgehead atoms. The van der Waals surface area contributed by atoms with Gasteiger partial charge in [-0.15, -0.1) is 0 Å². The van der Waals surface area contributed by atoms with Gasteiger partial charge < -0.3 is 15.4 Å². The zero-order chi connectivity index (χ0) is 12.7. The van der Waals surface area contributed by atoms with Crippen LogP contribution in [-0.2, 0) is 4.74 Å². The molecule has 1 heterocycles. The van der Waals surface area contributed by atoms with Crippen LogP contribution in [-0.4, -0.2) is 36.2 Å². The van der Waals surface area contributed by atoms with Crippen LogP contribution in [0, 0.1) is 11.3 Å². The van der Waals surface area contributed by atoms with Gasteiger partial charge in [-0.05, 0) is 57.9 Å². The summed E-state index contributed by atoms with van der Waals surface area (Å²) >= 11 is 0. The minimum absolute atomic E-state index is 0.164. The lowest BCUT2D eigenvalue weighted by Gasteiger charge is -2.43. The van der Waals surface area contributed by atoms with Gasteiger partial charge >= 0.3 is 6.09 Å². The monoisotopic (exact) mass is 240 g/mol. The molecule has 2 unspecified atom stereocenters. The van der Waals surface area contributed by atoms with E-state index in [1.807, 2.05) is 25.7 Å². The number of rotatable bonds is 2. The standard InChI is InChI=1S/C13H24N2O2/c1-12(2,3)17-11(16)15-8-10-4-5-13(10,9-15)6-7-14/h10H,4-9,14H2,1-3H3. The van der Waals surface area contributed by atoms with E-state index in [0.717, 1.165) is 26.1 Å². The Balaban J connectivity index is 1.95. The summed E-state index contributed by atoms with van der Waals surface area (Å²) in [7, 11) is 0. The molecule has 0 aromatic heterocycles. The molecule has 2 fully saturated rings. The second kappa shape index (κ2) is 4.16. The molecule has 0 aromatic carbocycles. The van der Waals surface area contributed by atoms with Gasteiger partial charge in [0.1, 0.15) is 5.60 Å². The first kappa shape index (κ1) is 12.7. The van der Waals surface area contributed by atoms with Crippen LogP contribution in [0.2, 0.25) is 0 Å². The van der Waals surface area contributed by atoms with E-state index in [4.69, 9.17) is 10.5 Å². The number of carbonyl (C=O) groups excluding carboxylic acids is 1. The Hall–Kier alpha value is -0.770. The van der Waals surface area contributed by atoms with Crippen molar-refractivity contribution in [2.45, 2.75) is 45.6 Å². The molecule has 2 rings (SSSR count). The fourth-order valence-corrected chi connectivity index (χ4v) is 3.12. The summed E-state index contributed by atoms with van der Waals surface area (Å²) in [5.74, 6) is 0.651. The van der Waals surface area contributed by atoms with E-state index in [9.17, 15) is 4.79 Å². The summed E-state index contributed by atoms with van der Waals surface area (Å²) < 4.78 is 5.42. The summed E-state index contributed by atoms with van der Waals surface area (Å²) in [4.78, 5) is 13.9. The molecule has 0 aromatic rings. The third-order valence-electron chi connectivity index (χ3n) is 4.10. The largest absolute Gasteiger partial charge is 0.444 e. The smallest absolute Gasteiger partial charge is 0.410 e. The lowest BCUT2D eigenvalue weighted by atomic mass is 9.60. The maximum absolute atomic E-state index is 12.0. The number of amides is 1. The zero-order valence-electron chi connectivity index (χ0n) is 11.2. The predicted molar refractivity (Wildman–Crippen MR) is 66.6 cm³/mol. The maximum Gasteiger partial charge on any atom is 0.410 e. The highest BCUT2D eigenvalue weighted by molar-refractivity contribution is 5.68. The van der Waals surface area contributed by atoms with Gasteiger partial charge in [-0.3, -0.25) is 0 Å². The van der Waals surface area contributed by atoms with Crippen LogP contribution in [0.25, 0.3) is 0 Å². The minimum atomic E-state index is -0.403. The first-order chi connectivity index (χ1) is 7.86. The van der Waals surface area contributed by atoms with Gasteiger partial charge in [0, 0.05) is 13.1 Å². The van der Waals surface area contributed by atoms with Crippen molar-refractivity contribution in [2.24, 2.45) is 17.1 Å². The molecule has 2 N–H and O–H groups in total. The van der Waals surface area contributed by atoms with Crippen LogP contribution in [0.15, 0.2) is 0 Å². The Labute approximate surface area is 103 Å². The first-order valence-corrected chi connectivity index (χ1v) is 6.54. The highest BCUT2D eigenvalue weighted by Gasteiger charge is 2.53. The SMILES string of the molecule is CC(C)(C)OC(=O)N1CC2CCC2(CCN)C1. The van der Waals surface area contributed by atoms with E-state index in [2.05, 4.69) is 0 Å². The third-order valence-corrected chi connectivity index (χ3v) is 4.10. The Morgan fingerprint density at radius 3 is 2.71 bits per heavy atom. The second-order valence-corrected chi connectivity index (χ2v) is 6.50. The van der Waals surface area contributed by atoms with Crippen molar-refractivity contribution in [2.75, 3.05) is 19.6 Å². The molecular weight excluding hydrogens is 216 g/mol. The quantitative estimate of drug-likeness (QED) is 0.803. The van der Waals surface area contributed by atoms with Gasteiger partial charge in [-0.2, -0.15) is 0 Å². The number of nitrogens with zero attached hydrogens (tertiary/aromatic N) is 1. The van der Waals surface area contributed by atoms with Crippen LogP contribution >= 0.6 is 0 Å². The summed E-state index contributed by atoms with van der Waals surface area (Å²) in [6.45, 7) is 8.14. The number of hydrogen-bond donors (Lipinski definition) is 1. The number of ether oxygens (including phenoxy) is 1. The van der Waals surface area contributed by atoms with Crippen molar-refractivity contribution < 1.29 is 9.53 Å². The molecule has 1 aliphatic heterocycles. The Morgan fingerprint density at radius 2 is 2.24 bits per heavy atom. The molecule has 2 aliphatic rings. The summed E-state index contributed by atoms with van der Waals surface area (Å²) in [6, 6.07) is 0. The summed E-state index contributed by atoms with van der Waals surface area (Å²) in [6.07, 6.45) is 3.33. The van der Waals surface area contributed by atoms with Crippen LogP contribution in [0.1, 0.15) is 40.0 Å². The van der Waals surface area contributed by atoms with Crippen LogP contribution in [0.3, 0.4) is 0 Å². The lowest BCUT2D eigenvalue weighted by molar-refractivity contribution is 0.0264. The van der Waals surface area contributed by atoms with E-state index in [0.29, 0.717) is 11.3 Å². The van der Waals surface area contributed by atoms with Crippen molar-refractivity contribution >= 4 is 6.09 Å². The fourth-order valence-electron chi connectivity index (χ4n) is 3.12. The Bertz CT molecular complexity index is 311. The predicted octanol–water partition coefficient (Wildman–Crippen LogP) is 1.98. The topological polar surface area (TPSA) is 55.6 Å². The van der Waals surface area contributed by atoms with Crippen LogP contribution in [0.4, 0.5) is 4.79 Å². The highest BCUT2D eigenvalue weighted by Crippen LogP contribution is 2.54. The lowest BCUT2D eigenvalue weighted by Crippen LogP contribution is -2.41. The van der Waals surface area contributed by atoms with E-state index in [1.165, 1.54) is 12.8 Å². The average molecular weight is 240 g/mol. The number of nitrogens with two attached hydrogens (primary N) is 1. The van der Waals surface area contributed by atoms with Gasteiger partial charge in [0.2, 0.25) is 0 Å². The van der Waals surface area contributed by atoms with E-state index in [1.54, 1.807) is 0 Å². The maximum atomic E-state index is 12.0. The van der Waals surface area contributed by atoms with Crippen molar-refractivity contribution in [3.8, 4) is 0 Å². The van der Waals surface area contributed by atoms with Gasteiger partial charge in [0.25, 0.3) is 0 Å². The fraction of sp³-hybridized carbons (Fsp3) is 0.923. The molecular formula is C13H24N2O2. The van der Waals surface area contributed by atoms with Crippen molar-refractivity contribution in [1.82, 2.24) is 4.90 Å². The average Bonchev–Trinajstić information content (AvgIpc) is 2.40. The van der Waals surface area contributed by atoms with Crippen molar-refractivity contribution in [3.05, 3.63) is 0 Å². The van der Waals surface area contributed by atoms with Crippen LogP contribution < -0.4 is 5.73 Å². The molecule has 98 valence electrons. The highest BCUT2D eigenvalue weighted by atomic mass is 16.6. The Morgan fingerprint density at radius 1 is 1.53 bits per heavy atom. The Kier molecular flexibility index (Phi) is 3.10. The molecule has 0 radical (unpaired) electrons. The van der Waals surface area contributed by atoms with Crippen molar-refractivity contribution in [1.29, 1.82) is 0 Å². The number of fused-ring (bicyclic) bond motifs is 1. The van der Waals surface area contributed by atoms with Gasteiger partial charge in [-0.1, -0.05) is 0 Å². The van der Waals surface area contributed by atoms with Gasteiger partial charge in [-0.25, -0.2) is 4.79 Å². The summed E-state index contributed by atoms with van der Waals surface area (Å²) in [5.41, 5.74) is 5.59. The van der Waals surface area contributed by atoms with Gasteiger partial charge in [0.05, 0.1) is 0 Å². The molecule has 0 spiro atoms. The molecule has 1 amide bonds. The minimum Gasteiger partial charge on any atom is -0.444 e. The molecule has 1 saturated carbocycles. The number of likely N-dealkylation sites (tertiary alicyclic amines) is 1. The zero-order valence-corrected chi connectivity index (χ0v) is 11.2.